The molecule has 0 aliphatic rings. The van der Waals surface area contributed by atoms with Crippen molar-refractivity contribution in [1.82, 2.24) is 0 Å². The number of aryl methyl sites for hydroxylation is 1. The molecule has 0 heterocycles. The maximum absolute atomic E-state index is 12.3. The van der Waals surface area contributed by atoms with Gasteiger partial charge in [-0.2, -0.15) is 0 Å². The van der Waals surface area contributed by atoms with Crippen LogP contribution in [-0.4, -0.2) is 19.1 Å². The van der Waals surface area contributed by atoms with Crippen molar-refractivity contribution in [2.24, 2.45) is 0 Å². The zero-order chi connectivity index (χ0) is 15.9. The van der Waals surface area contributed by atoms with E-state index in [0.717, 1.165) is 17.0 Å². The summed E-state index contributed by atoms with van der Waals surface area (Å²) in [4.78, 5) is 12.3. The van der Waals surface area contributed by atoms with Gasteiger partial charge in [-0.3, -0.25) is 4.79 Å². The van der Waals surface area contributed by atoms with E-state index in [0.29, 0.717) is 12.2 Å². The molecule has 1 atom stereocenters. The summed E-state index contributed by atoms with van der Waals surface area (Å²) in [6.45, 7) is 3.92. The molecule has 0 spiro atoms. The van der Waals surface area contributed by atoms with E-state index in [9.17, 15) is 4.79 Å². The second kappa shape index (κ2) is 7.50. The number of rotatable bonds is 6. The zero-order valence-corrected chi connectivity index (χ0v) is 13.1. The van der Waals surface area contributed by atoms with Crippen molar-refractivity contribution in [3.63, 3.8) is 0 Å². The number of amides is 1. The Bertz CT molecular complexity index is 622. The fourth-order valence-corrected chi connectivity index (χ4v) is 2.07. The number of hydrogen-bond acceptors (Lipinski definition) is 3. The SMILES string of the molecule is CC[C@@H](Oc1cccc(C)c1)C(=O)Nc1ccc(OC)cc1. The Balaban J connectivity index is 2.01. The molecule has 1 amide bonds. The molecule has 0 fully saturated rings. The number of benzene rings is 2. The van der Waals surface area contributed by atoms with Gasteiger partial charge in [0.05, 0.1) is 7.11 Å². The van der Waals surface area contributed by atoms with Crippen LogP contribution in [0.15, 0.2) is 48.5 Å². The summed E-state index contributed by atoms with van der Waals surface area (Å²) in [5, 5.41) is 2.86. The average Bonchev–Trinajstić information content (AvgIpc) is 2.53. The van der Waals surface area contributed by atoms with Gasteiger partial charge in [-0.15, -0.1) is 0 Å². The summed E-state index contributed by atoms with van der Waals surface area (Å²) < 4.78 is 10.9. The number of hydrogen-bond donors (Lipinski definition) is 1. The van der Waals surface area contributed by atoms with Gasteiger partial charge in [0, 0.05) is 5.69 Å². The van der Waals surface area contributed by atoms with Crippen LogP contribution in [0.25, 0.3) is 0 Å². The Labute approximate surface area is 131 Å². The fraction of sp³-hybridized carbons (Fsp3) is 0.278. The Hall–Kier alpha value is -2.49. The first-order chi connectivity index (χ1) is 10.6. The smallest absolute Gasteiger partial charge is 0.265 e. The Morgan fingerprint density at radius 1 is 1.14 bits per heavy atom. The van der Waals surface area contributed by atoms with E-state index >= 15 is 0 Å². The molecule has 2 aromatic rings. The van der Waals surface area contributed by atoms with Crippen molar-refractivity contribution < 1.29 is 14.3 Å². The maximum atomic E-state index is 12.3. The molecule has 4 heteroatoms. The van der Waals surface area contributed by atoms with E-state index in [1.165, 1.54) is 0 Å². The summed E-state index contributed by atoms with van der Waals surface area (Å²) in [5.41, 5.74) is 1.82. The van der Waals surface area contributed by atoms with Crippen LogP contribution in [0, 0.1) is 6.92 Å². The Kier molecular flexibility index (Phi) is 5.42. The van der Waals surface area contributed by atoms with E-state index < -0.39 is 6.10 Å². The third-order valence-electron chi connectivity index (χ3n) is 3.29. The van der Waals surface area contributed by atoms with E-state index in [1.54, 1.807) is 31.4 Å². The van der Waals surface area contributed by atoms with Gasteiger partial charge in [-0.25, -0.2) is 0 Å². The van der Waals surface area contributed by atoms with Crippen molar-refractivity contribution in [3.05, 3.63) is 54.1 Å². The van der Waals surface area contributed by atoms with E-state index in [1.807, 2.05) is 38.1 Å². The van der Waals surface area contributed by atoms with Crippen LogP contribution in [0.2, 0.25) is 0 Å². The molecule has 0 bridgehead atoms. The molecule has 0 aromatic heterocycles. The van der Waals surface area contributed by atoms with Crippen molar-refractivity contribution in [3.8, 4) is 11.5 Å². The molecule has 116 valence electrons. The first-order valence-corrected chi connectivity index (χ1v) is 7.30. The Morgan fingerprint density at radius 2 is 1.86 bits per heavy atom. The van der Waals surface area contributed by atoms with Crippen molar-refractivity contribution in [2.75, 3.05) is 12.4 Å². The highest BCUT2D eigenvalue weighted by Gasteiger charge is 2.18. The highest BCUT2D eigenvalue weighted by molar-refractivity contribution is 5.94. The van der Waals surface area contributed by atoms with Gasteiger partial charge in [-0.1, -0.05) is 19.1 Å². The average molecular weight is 299 g/mol. The van der Waals surface area contributed by atoms with Crippen molar-refractivity contribution >= 4 is 11.6 Å². The van der Waals surface area contributed by atoms with Gasteiger partial charge in [0.1, 0.15) is 11.5 Å². The summed E-state index contributed by atoms with van der Waals surface area (Å²) in [6.07, 6.45) is 0.0690. The minimum absolute atomic E-state index is 0.158. The topological polar surface area (TPSA) is 47.6 Å². The third-order valence-corrected chi connectivity index (χ3v) is 3.29. The highest BCUT2D eigenvalue weighted by Crippen LogP contribution is 2.18. The highest BCUT2D eigenvalue weighted by atomic mass is 16.5. The van der Waals surface area contributed by atoms with Gasteiger partial charge >= 0.3 is 0 Å². The van der Waals surface area contributed by atoms with Crippen molar-refractivity contribution in [1.29, 1.82) is 0 Å². The molecule has 0 aliphatic heterocycles. The summed E-state index contributed by atoms with van der Waals surface area (Å²) in [5.74, 6) is 1.30. The molecule has 0 saturated carbocycles. The Morgan fingerprint density at radius 3 is 2.45 bits per heavy atom. The molecule has 0 unspecified atom stereocenters. The molecule has 0 saturated heterocycles. The largest absolute Gasteiger partial charge is 0.497 e. The number of nitrogens with one attached hydrogen (secondary N) is 1. The van der Waals surface area contributed by atoms with Crippen LogP contribution in [0.3, 0.4) is 0 Å². The molecule has 2 aromatic carbocycles. The third kappa shape index (κ3) is 4.25. The van der Waals surface area contributed by atoms with Gasteiger partial charge in [0.25, 0.3) is 5.91 Å². The number of carbonyl (C=O) groups excluding carboxylic acids is 1. The molecule has 22 heavy (non-hydrogen) atoms. The second-order valence-electron chi connectivity index (χ2n) is 5.05. The summed E-state index contributed by atoms with van der Waals surface area (Å²) in [7, 11) is 1.61. The number of carbonyl (C=O) groups is 1. The van der Waals surface area contributed by atoms with Crippen molar-refractivity contribution in [2.45, 2.75) is 26.4 Å². The minimum atomic E-state index is -0.524. The van der Waals surface area contributed by atoms with Gasteiger partial charge in [-0.05, 0) is 55.3 Å². The molecular formula is C18H21NO3. The van der Waals surface area contributed by atoms with Crippen LogP contribution in [0.5, 0.6) is 11.5 Å². The lowest BCUT2D eigenvalue weighted by atomic mass is 10.2. The molecule has 0 radical (unpaired) electrons. The number of methoxy groups -OCH3 is 1. The maximum Gasteiger partial charge on any atom is 0.265 e. The number of anilines is 1. The van der Waals surface area contributed by atoms with Gasteiger partial charge in [0.15, 0.2) is 6.10 Å². The van der Waals surface area contributed by atoms with E-state index in [-0.39, 0.29) is 5.91 Å². The molecule has 4 nitrogen and oxygen atoms in total. The predicted octanol–water partition coefficient (Wildman–Crippen LogP) is 3.80. The van der Waals surface area contributed by atoms with Crippen LogP contribution in [0.4, 0.5) is 5.69 Å². The van der Waals surface area contributed by atoms with Gasteiger partial charge in [0.2, 0.25) is 0 Å². The monoisotopic (exact) mass is 299 g/mol. The zero-order valence-electron chi connectivity index (χ0n) is 13.1. The predicted molar refractivity (Wildman–Crippen MR) is 87.5 cm³/mol. The van der Waals surface area contributed by atoms with Gasteiger partial charge < -0.3 is 14.8 Å². The van der Waals surface area contributed by atoms with E-state index in [2.05, 4.69) is 5.32 Å². The quantitative estimate of drug-likeness (QED) is 0.882. The lowest BCUT2D eigenvalue weighted by Gasteiger charge is -2.17. The van der Waals surface area contributed by atoms with Crippen LogP contribution < -0.4 is 14.8 Å². The minimum Gasteiger partial charge on any atom is -0.497 e. The summed E-state index contributed by atoms with van der Waals surface area (Å²) >= 11 is 0. The molecular weight excluding hydrogens is 278 g/mol. The fourth-order valence-electron chi connectivity index (χ4n) is 2.07. The summed E-state index contributed by atoms with van der Waals surface area (Å²) in [6, 6.07) is 14.9. The first kappa shape index (κ1) is 15.9. The standard InChI is InChI=1S/C18H21NO3/c1-4-17(22-16-7-5-6-13(2)12-16)18(20)19-14-8-10-15(21-3)11-9-14/h5-12,17H,4H2,1-3H3,(H,19,20)/t17-/m1/s1. The number of ether oxygens (including phenoxy) is 2. The first-order valence-electron chi connectivity index (χ1n) is 7.30. The van der Waals surface area contributed by atoms with E-state index in [4.69, 9.17) is 9.47 Å². The normalized spacial score (nSPS) is 11.6. The molecule has 1 N–H and O–H groups in total. The second-order valence-corrected chi connectivity index (χ2v) is 5.05. The molecule has 0 aliphatic carbocycles. The van der Waals surface area contributed by atoms with Crippen LogP contribution in [0.1, 0.15) is 18.9 Å². The molecule has 2 rings (SSSR count). The lowest BCUT2D eigenvalue weighted by Crippen LogP contribution is -2.32. The van der Waals surface area contributed by atoms with Crippen LogP contribution >= 0.6 is 0 Å². The van der Waals surface area contributed by atoms with Crippen LogP contribution in [-0.2, 0) is 4.79 Å². The lowest BCUT2D eigenvalue weighted by molar-refractivity contribution is -0.122.